The Bertz CT molecular complexity index is 1230. The van der Waals surface area contributed by atoms with E-state index in [9.17, 15) is 36.3 Å². The third-order valence-corrected chi connectivity index (χ3v) is 6.93. The molecule has 1 aliphatic rings. The summed E-state index contributed by atoms with van der Waals surface area (Å²) < 4.78 is 76.8. The Hall–Kier alpha value is -3.01. The molecule has 3 amide bonds. The van der Waals surface area contributed by atoms with Crippen molar-refractivity contribution in [1.29, 1.82) is 0 Å². The van der Waals surface area contributed by atoms with Crippen molar-refractivity contribution < 1.29 is 45.8 Å². The van der Waals surface area contributed by atoms with Gasteiger partial charge < -0.3 is 25.0 Å². The molecule has 0 bridgehead atoms. The quantitative estimate of drug-likeness (QED) is 0.334. The number of anilines is 2. The third kappa shape index (κ3) is 9.80. The fraction of sp³-hybridized carbons (Fsp3) is 0.480. The largest absolute Gasteiger partial charge is 0.433 e. The maximum absolute atomic E-state index is 13.5. The molecule has 9 nitrogen and oxygen atoms in total. The minimum absolute atomic E-state index is 0.00790. The average molecular weight is 627 g/mol. The van der Waals surface area contributed by atoms with Crippen molar-refractivity contribution >= 4 is 52.0 Å². The molecule has 0 aliphatic carbocycles. The molecule has 0 radical (unpaired) electrons. The Labute approximate surface area is 241 Å². The van der Waals surface area contributed by atoms with Gasteiger partial charge in [0.1, 0.15) is 12.6 Å². The first-order chi connectivity index (χ1) is 19.2. The van der Waals surface area contributed by atoms with Crippen LogP contribution < -0.4 is 20.3 Å². The smallest absolute Gasteiger partial charge is 0.401 e. The van der Waals surface area contributed by atoms with Gasteiger partial charge in [0.25, 0.3) is 11.8 Å². The van der Waals surface area contributed by atoms with Gasteiger partial charge in [-0.2, -0.15) is 22.0 Å². The Morgan fingerprint density at radius 3 is 2.54 bits per heavy atom. The molecule has 1 saturated heterocycles. The Balaban J connectivity index is 1.89. The first kappa shape index (κ1) is 32.5. The Morgan fingerprint density at radius 1 is 1.22 bits per heavy atom. The van der Waals surface area contributed by atoms with E-state index in [2.05, 4.69) is 15.4 Å². The normalized spacial score (nSPS) is 15.0. The van der Waals surface area contributed by atoms with Crippen molar-refractivity contribution in [1.82, 2.24) is 10.2 Å². The summed E-state index contributed by atoms with van der Waals surface area (Å²) >= 11 is 6.81. The molecule has 1 aliphatic heterocycles. The first-order valence-corrected chi connectivity index (χ1v) is 13.5. The molecule has 0 unspecified atom stereocenters. The first-order valence-electron chi connectivity index (χ1n) is 12.4. The number of hydrogen-bond acceptors (Lipinski definition) is 7. The molecule has 1 aromatic heterocycles. The predicted molar refractivity (Wildman–Crippen MR) is 143 cm³/mol. The molecule has 2 aromatic rings. The zero-order valence-corrected chi connectivity index (χ0v) is 23.5. The van der Waals surface area contributed by atoms with Gasteiger partial charge in [-0.1, -0.05) is 25.4 Å². The number of alkyl halides is 5. The molecule has 3 rings (SSSR count). The van der Waals surface area contributed by atoms with Gasteiger partial charge in [-0.05, 0) is 30.2 Å². The van der Waals surface area contributed by atoms with Crippen LogP contribution in [0.5, 0.6) is 5.75 Å². The van der Waals surface area contributed by atoms with E-state index in [1.165, 1.54) is 29.2 Å². The summed E-state index contributed by atoms with van der Waals surface area (Å²) in [6.07, 6.45) is -4.66. The number of carbonyl (C=O) groups excluding carboxylic acids is 3. The molecule has 1 aromatic carbocycles. The third-order valence-electron chi connectivity index (χ3n) is 5.70. The molecule has 1 fully saturated rings. The van der Waals surface area contributed by atoms with Crippen LogP contribution in [0, 0.1) is 5.92 Å². The number of rotatable bonds is 12. The summed E-state index contributed by atoms with van der Waals surface area (Å²) in [6.45, 7) is -2.03. The zero-order valence-electron chi connectivity index (χ0n) is 22.0. The van der Waals surface area contributed by atoms with Gasteiger partial charge in [-0.3, -0.25) is 19.3 Å². The lowest BCUT2D eigenvalue weighted by atomic mass is 10.1. The van der Waals surface area contributed by atoms with Crippen molar-refractivity contribution in [2.45, 2.75) is 32.7 Å². The summed E-state index contributed by atoms with van der Waals surface area (Å²) in [5, 5.41) is 4.91. The van der Waals surface area contributed by atoms with E-state index < -0.39 is 55.4 Å². The van der Waals surface area contributed by atoms with E-state index in [0.717, 1.165) is 22.3 Å². The number of amides is 3. The summed E-state index contributed by atoms with van der Waals surface area (Å²) in [7, 11) is 0. The molecule has 16 heteroatoms. The van der Waals surface area contributed by atoms with Crippen molar-refractivity contribution in [3.05, 3.63) is 39.5 Å². The molecule has 1 atom stereocenters. The standard InChI is InChI=1S/C25H28ClF5N4O5S/c1-14(2)11-34(13-25(29,30)31)17(10-32-23(38)19-5-6-20(26)41-19)22(37)33-15-3-4-16(18(9-15)40-24(27)28)35-7-8-39-12-21(35)36/h3-6,9,14,17,24H,7-8,10-13H2,1-2H3,(H,32,38)(H,33,37)/t17-/m1/s1. The summed E-state index contributed by atoms with van der Waals surface area (Å²) in [5.74, 6) is -2.77. The highest BCUT2D eigenvalue weighted by molar-refractivity contribution is 7.18. The molecule has 0 spiro atoms. The minimum Gasteiger partial charge on any atom is -0.433 e. The van der Waals surface area contributed by atoms with Crippen molar-refractivity contribution in [3.8, 4) is 5.75 Å². The maximum Gasteiger partial charge on any atom is 0.401 e. The van der Waals surface area contributed by atoms with Gasteiger partial charge in [0.2, 0.25) is 5.91 Å². The van der Waals surface area contributed by atoms with E-state index >= 15 is 0 Å². The van der Waals surface area contributed by atoms with E-state index in [1.54, 1.807) is 13.8 Å². The number of thiophene rings is 1. The number of hydrogen-bond donors (Lipinski definition) is 2. The SMILES string of the molecule is CC(C)CN(CC(F)(F)F)[C@H](CNC(=O)c1ccc(Cl)s1)C(=O)Nc1ccc(N2CCOCC2=O)c(OC(F)F)c1. The molecular weight excluding hydrogens is 599 g/mol. The maximum atomic E-state index is 13.5. The Kier molecular flexibility index (Phi) is 11.3. The second-order valence-corrected chi connectivity index (χ2v) is 11.1. The summed E-state index contributed by atoms with van der Waals surface area (Å²) in [4.78, 5) is 40.5. The second-order valence-electron chi connectivity index (χ2n) is 9.42. The van der Waals surface area contributed by atoms with E-state index in [0.29, 0.717) is 4.34 Å². The van der Waals surface area contributed by atoms with Gasteiger partial charge >= 0.3 is 12.8 Å². The van der Waals surface area contributed by atoms with Crippen LogP contribution in [0.15, 0.2) is 30.3 Å². The van der Waals surface area contributed by atoms with Crippen LogP contribution in [0.3, 0.4) is 0 Å². The van der Waals surface area contributed by atoms with Crippen molar-refractivity contribution in [3.63, 3.8) is 0 Å². The highest BCUT2D eigenvalue weighted by Gasteiger charge is 2.37. The number of benzene rings is 1. The van der Waals surface area contributed by atoms with Crippen LogP contribution in [0.4, 0.5) is 33.3 Å². The molecular formula is C25H28ClF5N4O5S. The van der Waals surface area contributed by atoms with Gasteiger partial charge in [0.05, 0.1) is 28.1 Å². The van der Waals surface area contributed by atoms with Gasteiger partial charge in [0.15, 0.2) is 5.75 Å². The highest BCUT2D eigenvalue weighted by Crippen LogP contribution is 2.34. The zero-order chi connectivity index (χ0) is 30.3. The topological polar surface area (TPSA) is 100 Å². The van der Waals surface area contributed by atoms with Gasteiger partial charge in [0, 0.05) is 31.4 Å². The molecule has 41 heavy (non-hydrogen) atoms. The monoisotopic (exact) mass is 626 g/mol. The fourth-order valence-corrected chi connectivity index (χ4v) is 5.06. The number of halogens is 6. The van der Waals surface area contributed by atoms with E-state index in [-0.39, 0.29) is 48.5 Å². The lowest BCUT2D eigenvalue weighted by molar-refractivity contribution is -0.154. The van der Waals surface area contributed by atoms with Crippen LogP contribution in [0.1, 0.15) is 23.5 Å². The summed E-state index contributed by atoms with van der Waals surface area (Å²) in [5.41, 5.74) is -0.0681. The van der Waals surface area contributed by atoms with Crippen molar-refractivity contribution in [2.75, 3.05) is 49.6 Å². The van der Waals surface area contributed by atoms with Crippen LogP contribution in [-0.2, 0) is 14.3 Å². The van der Waals surface area contributed by atoms with Gasteiger partial charge in [-0.25, -0.2) is 0 Å². The number of carbonyl (C=O) groups is 3. The van der Waals surface area contributed by atoms with Gasteiger partial charge in [-0.15, -0.1) is 11.3 Å². The predicted octanol–water partition coefficient (Wildman–Crippen LogP) is 4.62. The highest BCUT2D eigenvalue weighted by atomic mass is 35.5. The molecule has 2 heterocycles. The number of nitrogens with zero attached hydrogens (tertiary/aromatic N) is 2. The second kappa shape index (κ2) is 14.2. The lowest BCUT2D eigenvalue weighted by Gasteiger charge is -2.33. The van der Waals surface area contributed by atoms with Crippen LogP contribution in [0.2, 0.25) is 4.34 Å². The number of morpholine rings is 1. The van der Waals surface area contributed by atoms with Crippen molar-refractivity contribution in [2.24, 2.45) is 5.92 Å². The molecule has 226 valence electrons. The van der Waals surface area contributed by atoms with E-state index in [4.69, 9.17) is 16.3 Å². The average Bonchev–Trinajstić information content (AvgIpc) is 3.29. The summed E-state index contributed by atoms with van der Waals surface area (Å²) in [6, 6.07) is 5.03. The van der Waals surface area contributed by atoms with Crippen LogP contribution in [-0.4, -0.2) is 80.8 Å². The fourth-order valence-electron chi connectivity index (χ4n) is 4.11. The lowest BCUT2D eigenvalue weighted by Crippen LogP contribution is -2.54. The number of ether oxygens (including phenoxy) is 2. The number of nitrogens with one attached hydrogen (secondary N) is 2. The Morgan fingerprint density at radius 2 is 1.95 bits per heavy atom. The molecule has 2 N–H and O–H groups in total. The molecule has 0 saturated carbocycles. The van der Waals surface area contributed by atoms with E-state index in [1.807, 2.05) is 0 Å². The minimum atomic E-state index is -4.66. The van der Waals surface area contributed by atoms with Crippen LogP contribution in [0.25, 0.3) is 0 Å². The van der Waals surface area contributed by atoms with Crippen LogP contribution >= 0.6 is 22.9 Å².